The molecule has 0 atom stereocenters. The molecule has 0 spiro atoms. The van der Waals surface area contributed by atoms with Crippen molar-refractivity contribution < 1.29 is 13.2 Å². The lowest BCUT2D eigenvalue weighted by atomic mass is 9.85. The van der Waals surface area contributed by atoms with E-state index in [-0.39, 0.29) is 11.2 Å². The third-order valence-electron chi connectivity index (χ3n) is 4.59. The van der Waals surface area contributed by atoms with Crippen molar-refractivity contribution in [3.63, 3.8) is 0 Å². The molecule has 1 fully saturated rings. The molecule has 3 rings (SSSR count). The van der Waals surface area contributed by atoms with Gasteiger partial charge in [0, 0.05) is 37.1 Å². The molecule has 0 bridgehead atoms. The minimum Gasteiger partial charge on any atom is -0.356 e. The van der Waals surface area contributed by atoms with Gasteiger partial charge in [-0.1, -0.05) is 13.8 Å². The topological polar surface area (TPSA) is 41.9 Å². The Morgan fingerprint density at radius 1 is 1.12 bits per heavy atom. The molecule has 1 saturated heterocycles. The molecule has 0 amide bonds. The lowest BCUT2D eigenvalue weighted by Gasteiger charge is -2.25. The normalized spacial score (nSPS) is 18.0. The largest absolute Gasteiger partial charge is 0.433 e. The number of hydrogen-bond acceptors (Lipinski definition) is 4. The highest BCUT2D eigenvalue weighted by Crippen LogP contribution is 2.34. The van der Waals surface area contributed by atoms with Gasteiger partial charge in [0.25, 0.3) is 0 Å². The molecule has 134 valence electrons. The highest BCUT2D eigenvalue weighted by atomic mass is 19.4. The van der Waals surface area contributed by atoms with Crippen LogP contribution in [0.3, 0.4) is 0 Å². The van der Waals surface area contributed by atoms with E-state index >= 15 is 0 Å². The fraction of sp³-hybridized carbons (Fsp3) is 0.500. The lowest BCUT2D eigenvalue weighted by molar-refractivity contribution is -0.141. The van der Waals surface area contributed by atoms with Gasteiger partial charge in [-0.3, -0.25) is 4.98 Å². The summed E-state index contributed by atoms with van der Waals surface area (Å²) in [6, 6.07) is 4.38. The quantitative estimate of drug-likeness (QED) is 0.795. The summed E-state index contributed by atoms with van der Waals surface area (Å²) in [7, 11) is 0. The Balaban J connectivity index is 2.01. The number of hydrogen-bond donors (Lipinski definition) is 0. The molecule has 25 heavy (non-hydrogen) atoms. The molecular weight excluding hydrogens is 329 g/mol. The Bertz CT molecular complexity index is 729. The second-order valence-electron chi connectivity index (χ2n) is 7.18. The molecule has 0 saturated carbocycles. The van der Waals surface area contributed by atoms with Crippen LogP contribution in [0.5, 0.6) is 0 Å². The Labute approximate surface area is 145 Å². The third kappa shape index (κ3) is 4.27. The number of alkyl halides is 3. The van der Waals surface area contributed by atoms with Gasteiger partial charge < -0.3 is 4.90 Å². The van der Waals surface area contributed by atoms with Gasteiger partial charge in [-0.2, -0.15) is 13.2 Å². The maximum absolute atomic E-state index is 13.3. The summed E-state index contributed by atoms with van der Waals surface area (Å²) >= 11 is 0. The van der Waals surface area contributed by atoms with Crippen molar-refractivity contribution >= 4 is 5.82 Å². The van der Waals surface area contributed by atoms with Crippen LogP contribution in [-0.2, 0) is 6.18 Å². The van der Waals surface area contributed by atoms with Crippen molar-refractivity contribution in [3.8, 4) is 11.4 Å². The number of nitrogens with zero attached hydrogens (tertiary/aromatic N) is 4. The Hall–Kier alpha value is -2.18. The van der Waals surface area contributed by atoms with Crippen LogP contribution in [0.2, 0.25) is 0 Å². The molecule has 0 unspecified atom stereocenters. The van der Waals surface area contributed by atoms with E-state index < -0.39 is 11.9 Å². The molecule has 0 aliphatic carbocycles. The first kappa shape index (κ1) is 17.6. The van der Waals surface area contributed by atoms with Crippen molar-refractivity contribution in [1.82, 2.24) is 15.0 Å². The van der Waals surface area contributed by atoms with Gasteiger partial charge in [0.1, 0.15) is 5.82 Å². The third-order valence-corrected chi connectivity index (χ3v) is 4.59. The lowest BCUT2D eigenvalue weighted by Crippen LogP contribution is -2.27. The summed E-state index contributed by atoms with van der Waals surface area (Å²) in [5.41, 5.74) is -0.245. The molecule has 3 heterocycles. The van der Waals surface area contributed by atoms with Crippen LogP contribution < -0.4 is 4.90 Å². The molecule has 1 aliphatic rings. The summed E-state index contributed by atoms with van der Waals surface area (Å²) in [6.07, 6.45) is 1.43. The van der Waals surface area contributed by atoms with Gasteiger partial charge in [-0.15, -0.1) is 0 Å². The summed E-state index contributed by atoms with van der Waals surface area (Å²) in [5, 5.41) is 0. The molecule has 0 aromatic carbocycles. The van der Waals surface area contributed by atoms with Gasteiger partial charge in [-0.05, 0) is 36.8 Å². The maximum Gasteiger partial charge on any atom is 0.433 e. The van der Waals surface area contributed by atoms with E-state index in [1.165, 1.54) is 6.20 Å². The first-order valence-corrected chi connectivity index (χ1v) is 8.36. The van der Waals surface area contributed by atoms with Gasteiger partial charge >= 0.3 is 6.18 Å². The molecular formula is C18H21F3N4. The van der Waals surface area contributed by atoms with Crippen molar-refractivity contribution in [2.24, 2.45) is 5.41 Å². The number of anilines is 1. The minimum atomic E-state index is -4.51. The second-order valence-corrected chi connectivity index (χ2v) is 7.18. The minimum absolute atomic E-state index is 0.0569. The monoisotopic (exact) mass is 350 g/mol. The van der Waals surface area contributed by atoms with E-state index in [1.807, 2.05) is 4.90 Å². The number of halogens is 3. The predicted octanol–water partition coefficient (Wildman–Crippen LogP) is 4.57. The molecule has 1 aliphatic heterocycles. The van der Waals surface area contributed by atoms with Crippen molar-refractivity contribution in [2.75, 3.05) is 18.0 Å². The van der Waals surface area contributed by atoms with Crippen molar-refractivity contribution in [3.05, 3.63) is 36.3 Å². The SMILES string of the molecule is CC1(C)CCCN(c2cc(C(F)(F)F)nc(-c3cccnc3)n2)CC1. The Kier molecular flexibility index (Phi) is 4.67. The van der Waals surface area contributed by atoms with Crippen LogP contribution in [0.15, 0.2) is 30.6 Å². The number of aromatic nitrogens is 3. The number of pyridine rings is 1. The van der Waals surface area contributed by atoms with E-state index in [4.69, 9.17) is 0 Å². The summed E-state index contributed by atoms with van der Waals surface area (Å²) in [5.74, 6) is 0.389. The zero-order valence-corrected chi connectivity index (χ0v) is 14.3. The van der Waals surface area contributed by atoms with E-state index in [0.717, 1.165) is 25.3 Å². The molecule has 0 N–H and O–H groups in total. The van der Waals surface area contributed by atoms with Crippen LogP contribution in [0.4, 0.5) is 19.0 Å². The molecule has 2 aromatic heterocycles. The fourth-order valence-corrected chi connectivity index (χ4v) is 3.02. The zero-order valence-electron chi connectivity index (χ0n) is 14.3. The average molecular weight is 350 g/mol. The van der Waals surface area contributed by atoms with Gasteiger partial charge in [0.05, 0.1) is 0 Å². The van der Waals surface area contributed by atoms with Gasteiger partial charge in [0.2, 0.25) is 0 Å². The first-order chi connectivity index (χ1) is 11.7. The molecule has 0 radical (unpaired) electrons. The van der Waals surface area contributed by atoms with Crippen LogP contribution in [0.25, 0.3) is 11.4 Å². The van der Waals surface area contributed by atoms with Crippen LogP contribution in [-0.4, -0.2) is 28.0 Å². The summed E-state index contributed by atoms with van der Waals surface area (Å²) in [4.78, 5) is 14.0. The number of rotatable bonds is 2. The first-order valence-electron chi connectivity index (χ1n) is 8.36. The molecule has 7 heteroatoms. The van der Waals surface area contributed by atoms with E-state index in [2.05, 4.69) is 28.8 Å². The van der Waals surface area contributed by atoms with E-state index in [9.17, 15) is 13.2 Å². The van der Waals surface area contributed by atoms with Gasteiger partial charge in [0.15, 0.2) is 11.5 Å². The standard InChI is InChI=1S/C18H21F3N4/c1-17(2)6-4-9-25(10-7-17)15-11-14(18(19,20)21)23-16(24-15)13-5-3-8-22-12-13/h3,5,8,11-12H,4,6-7,9-10H2,1-2H3. The highest BCUT2D eigenvalue weighted by Gasteiger charge is 2.35. The van der Waals surface area contributed by atoms with Gasteiger partial charge in [-0.25, -0.2) is 9.97 Å². The smallest absolute Gasteiger partial charge is 0.356 e. The second kappa shape index (κ2) is 6.61. The van der Waals surface area contributed by atoms with Crippen molar-refractivity contribution in [1.29, 1.82) is 0 Å². The Morgan fingerprint density at radius 2 is 1.92 bits per heavy atom. The van der Waals surface area contributed by atoms with Crippen LogP contribution in [0.1, 0.15) is 38.8 Å². The van der Waals surface area contributed by atoms with Crippen LogP contribution in [0, 0.1) is 5.41 Å². The molecule has 4 nitrogen and oxygen atoms in total. The zero-order chi connectivity index (χ0) is 18.1. The average Bonchev–Trinajstić information content (AvgIpc) is 2.75. The van der Waals surface area contributed by atoms with E-state index in [1.54, 1.807) is 18.3 Å². The fourth-order valence-electron chi connectivity index (χ4n) is 3.02. The highest BCUT2D eigenvalue weighted by molar-refractivity contribution is 5.57. The summed E-state index contributed by atoms with van der Waals surface area (Å²) < 4.78 is 39.9. The maximum atomic E-state index is 13.3. The van der Waals surface area contributed by atoms with E-state index in [0.29, 0.717) is 24.5 Å². The Morgan fingerprint density at radius 3 is 2.60 bits per heavy atom. The predicted molar refractivity (Wildman–Crippen MR) is 90.1 cm³/mol. The summed E-state index contributed by atoms with van der Waals surface area (Å²) in [6.45, 7) is 5.77. The van der Waals surface area contributed by atoms with Crippen LogP contribution >= 0.6 is 0 Å². The molecule has 2 aromatic rings. The van der Waals surface area contributed by atoms with Crippen molar-refractivity contribution in [2.45, 2.75) is 39.3 Å².